The summed E-state index contributed by atoms with van der Waals surface area (Å²) in [4.78, 5) is 11.7. The fraction of sp³-hybridized carbons (Fsp3) is 0.333. The number of carbonyl (C=O) groups excluding carboxylic acids is 1. The Labute approximate surface area is 101 Å². The van der Waals surface area contributed by atoms with Crippen molar-refractivity contribution in [1.82, 2.24) is 5.01 Å². The minimum atomic E-state index is -0.108. The second-order valence-corrected chi connectivity index (χ2v) is 3.69. The van der Waals surface area contributed by atoms with E-state index in [4.69, 9.17) is 11.6 Å². The van der Waals surface area contributed by atoms with Gasteiger partial charge in [-0.2, -0.15) is 5.10 Å². The van der Waals surface area contributed by atoms with Gasteiger partial charge in [0.1, 0.15) is 0 Å². The highest BCUT2D eigenvalue weighted by atomic mass is 35.5. The summed E-state index contributed by atoms with van der Waals surface area (Å²) in [6, 6.07) is 6.78. The van der Waals surface area contributed by atoms with Gasteiger partial charge >= 0.3 is 0 Å². The molecular weight excluding hydrogens is 224 g/mol. The molecule has 0 bridgehead atoms. The van der Waals surface area contributed by atoms with Crippen LogP contribution in [0.2, 0.25) is 5.02 Å². The largest absolute Gasteiger partial charge is 0.297 e. The van der Waals surface area contributed by atoms with Gasteiger partial charge in [-0.15, -0.1) is 0 Å². The van der Waals surface area contributed by atoms with Gasteiger partial charge < -0.3 is 0 Å². The molecule has 0 aliphatic heterocycles. The molecule has 0 amide bonds. The van der Waals surface area contributed by atoms with E-state index in [-0.39, 0.29) is 5.78 Å². The van der Waals surface area contributed by atoms with Crippen LogP contribution >= 0.6 is 11.6 Å². The fourth-order valence-electron chi connectivity index (χ4n) is 1.21. The molecule has 1 rings (SSSR count). The molecule has 16 heavy (non-hydrogen) atoms. The number of nitrogens with zero attached hydrogens (tertiary/aromatic N) is 2. The lowest BCUT2D eigenvalue weighted by Crippen LogP contribution is -2.17. The number of halogens is 1. The number of Topliss-reactive ketones (excluding diaryl/α,β-unsaturated/α-hetero) is 1. The molecule has 0 aliphatic rings. The lowest BCUT2D eigenvalue weighted by atomic mass is 10.1. The van der Waals surface area contributed by atoms with Crippen molar-refractivity contribution < 1.29 is 4.79 Å². The second-order valence-electron chi connectivity index (χ2n) is 3.25. The molecule has 0 aromatic heterocycles. The summed E-state index contributed by atoms with van der Waals surface area (Å²) < 4.78 is 0. The van der Waals surface area contributed by atoms with Gasteiger partial charge in [0.05, 0.1) is 6.21 Å². The van der Waals surface area contributed by atoms with Crippen molar-refractivity contribution >= 4 is 23.6 Å². The monoisotopic (exact) mass is 238 g/mol. The van der Waals surface area contributed by atoms with E-state index >= 15 is 0 Å². The first kappa shape index (κ1) is 12.7. The van der Waals surface area contributed by atoms with Gasteiger partial charge in [0.2, 0.25) is 5.78 Å². The minimum absolute atomic E-state index is 0.108. The van der Waals surface area contributed by atoms with E-state index in [2.05, 4.69) is 5.10 Å². The van der Waals surface area contributed by atoms with Crippen molar-refractivity contribution in [2.45, 2.75) is 13.8 Å². The third-order valence-corrected chi connectivity index (χ3v) is 2.45. The average molecular weight is 239 g/mol. The van der Waals surface area contributed by atoms with Crippen LogP contribution < -0.4 is 0 Å². The van der Waals surface area contributed by atoms with E-state index in [1.54, 1.807) is 24.3 Å². The molecule has 0 unspecified atom stereocenters. The predicted molar refractivity (Wildman–Crippen MR) is 67.2 cm³/mol. The zero-order valence-electron chi connectivity index (χ0n) is 9.48. The van der Waals surface area contributed by atoms with Gasteiger partial charge in [-0.05, 0) is 38.1 Å². The van der Waals surface area contributed by atoms with E-state index in [0.717, 1.165) is 13.1 Å². The van der Waals surface area contributed by atoms with E-state index in [9.17, 15) is 4.79 Å². The summed E-state index contributed by atoms with van der Waals surface area (Å²) in [7, 11) is 0. The van der Waals surface area contributed by atoms with E-state index in [0.29, 0.717) is 10.6 Å². The number of hydrazone groups is 1. The van der Waals surface area contributed by atoms with E-state index in [1.165, 1.54) is 6.21 Å². The zero-order valence-corrected chi connectivity index (χ0v) is 10.2. The average Bonchev–Trinajstić information content (AvgIpc) is 2.31. The van der Waals surface area contributed by atoms with Crippen molar-refractivity contribution in [2.75, 3.05) is 13.1 Å². The predicted octanol–water partition coefficient (Wildman–Crippen LogP) is 2.85. The summed E-state index contributed by atoms with van der Waals surface area (Å²) in [5.41, 5.74) is 0.598. The van der Waals surface area contributed by atoms with E-state index < -0.39 is 0 Å². The number of ketones is 1. The molecule has 0 saturated heterocycles. The Kier molecular flexibility index (Phi) is 4.99. The van der Waals surface area contributed by atoms with Crippen LogP contribution in [0.5, 0.6) is 0 Å². The lowest BCUT2D eigenvalue weighted by Gasteiger charge is -2.12. The Hall–Kier alpha value is -1.35. The van der Waals surface area contributed by atoms with Crippen LogP contribution in [0.4, 0.5) is 0 Å². The van der Waals surface area contributed by atoms with Crippen molar-refractivity contribution in [3.8, 4) is 0 Å². The molecule has 86 valence electrons. The maximum absolute atomic E-state index is 11.7. The van der Waals surface area contributed by atoms with Gasteiger partial charge in [0.25, 0.3) is 0 Å². The third-order valence-electron chi connectivity index (χ3n) is 2.20. The number of rotatable bonds is 5. The quantitative estimate of drug-likeness (QED) is 0.449. The molecule has 0 aliphatic carbocycles. The molecule has 1 aromatic carbocycles. The first-order valence-electron chi connectivity index (χ1n) is 5.26. The van der Waals surface area contributed by atoms with Crippen molar-refractivity contribution in [3.05, 3.63) is 34.9 Å². The minimum Gasteiger partial charge on any atom is -0.297 e. The molecule has 0 radical (unpaired) electrons. The highest BCUT2D eigenvalue weighted by Gasteiger charge is 2.02. The van der Waals surface area contributed by atoms with E-state index in [1.807, 2.05) is 18.9 Å². The topological polar surface area (TPSA) is 32.7 Å². The Balaban J connectivity index is 2.68. The fourth-order valence-corrected chi connectivity index (χ4v) is 1.34. The molecular formula is C12H15ClN2O. The second kappa shape index (κ2) is 6.28. The molecule has 0 N–H and O–H groups in total. The summed E-state index contributed by atoms with van der Waals surface area (Å²) in [6.07, 6.45) is 1.34. The summed E-state index contributed by atoms with van der Waals surface area (Å²) >= 11 is 5.74. The Morgan fingerprint density at radius 3 is 2.38 bits per heavy atom. The standard InChI is InChI=1S/C12H15ClN2O/c1-3-15(4-2)14-9-12(16)10-5-7-11(13)8-6-10/h5-9H,3-4H2,1-2H3/b14-9-. The van der Waals surface area contributed by atoms with Crippen molar-refractivity contribution in [2.24, 2.45) is 5.10 Å². The molecule has 0 fully saturated rings. The smallest absolute Gasteiger partial charge is 0.205 e. The lowest BCUT2D eigenvalue weighted by molar-refractivity contribution is 0.106. The van der Waals surface area contributed by atoms with Crippen LogP contribution in [-0.2, 0) is 0 Å². The highest BCUT2D eigenvalue weighted by molar-refractivity contribution is 6.35. The third kappa shape index (κ3) is 3.66. The first-order chi connectivity index (χ1) is 7.67. The van der Waals surface area contributed by atoms with Gasteiger partial charge in [-0.3, -0.25) is 9.80 Å². The molecule has 0 heterocycles. The zero-order chi connectivity index (χ0) is 12.0. The molecule has 0 spiro atoms. The van der Waals surface area contributed by atoms with Crippen LogP contribution in [0.1, 0.15) is 24.2 Å². The molecule has 4 heteroatoms. The van der Waals surface area contributed by atoms with Crippen molar-refractivity contribution in [1.29, 1.82) is 0 Å². The Morgan fingerprint density at radius 1 is 1.31 bits per heavy atom. The molecule has 0 atom stereocenters. The van der Waals surface area contributed by atoms with Crippen LogP contribution in [0, 0.1) is 0 Å². The van der Waals surface area contributed by atoms with Gasteiger partial charge in [-0.25, -0.2) is 0 Å². The number of carbonyl (C=O) groups is 1. The molecule has 3 nitrogen and oxygen atoms in total. The van der Waals surface area contributed by atoms with Crippen LogP contribution in [-0.4, -0.2) is 30.1 Å². The number of benzene rings is 1. The highest BCUT2D eigenvalue weighted by Crippen LogP contribution is 2.09. The number of hydrogen-bond acceptors (Lipinski definition) is 3. The summed E-state index contributed by atoms with van der Waals surface area (Å²) in [5.74, 6) is -0.108. The summed E-state index contributed by atoms with van der Waals surface area (Å²) in [5, 5.41) is 6.52. The first-order valence-corrected chi connectivity index (χ1v) is 5.64. The SMILES string of the molecule is CCN(CC)/N=C\C(=O)c1ccc(Cl)cc1. The Bertz CT molecular complexity index is 369. The van der Waals surface area contributed by atoms with Gasteiger partial charge in [0, 0.05) is 23.7 Å². The van der Waals surface area contributed by atoms with Crippen LogP contribution in [0.3, 0.4) is 0 Å². The van der Waals surface area contributed by atoms with Gasteiger partial charge in [0.15, 0.2) is 0 Å². The normalized spacial score (nSPS) is 10.7. The maximum atomic E-state index is 11.7. The Morgan fingerprint density at radius 2 is 1.88 bits per heavy atom. The van der Waals surface area contributed by atoms with Crippen molar-refractivity contribution in [3.63, 3.8) is 0 Å². The summed E-state index contributed by atoms with van der Waals surface area (Å²) in [6.45, 7) is 5.57. The number of hydrogen-bond donors (Lipinski definition) is 0. The van der Waals surface area contributed by atoms with Crippen LogP contribution in [0.25, 0.3) is 0 Å². The maximum Gasteiger partial charge on any atom is 0.205 e. The molecule has 1 aromatic rings. The van der Waals surface area contributed by atoms with Crippen LogP contribution in [0.15, 0.2) is 29.4 Å². The molecule has 0 saturated carbocycles. The van der Waals surface area contributed by atoms with Gasteiger partial charge in [-0.1, -0.05) is 11.6 Å².